The van der Waals surface area contributed by atoms with Crippen molar-refractivity contribution in [2.45, 2.75) is 50.4 Å². The number of hydrogen-bond acceptors (Lipinski definition) is 3. The quantitative estimate of drug-likeness (QED) is 0.679. The van der Waals surface area contributed by atoms with Gasteiger partial charge in [-0.25, -0.2) is 22.6 Å². The van der Waals surface area contributed by atoms with Crippen LogP contribution < -0.4 is 5.69 Å². The molecular weight excluding hydrogens is 430 g/mol. The number of hydrogen-bond donors (Lipinski definition) is 0. The van der Waals surface area contributed by atoms with Gasteiger partial charge in [-0.2, -0.15) is 18.3 Å². The Morgan fingerprint density at radius 2 is 1.84 bits per heavy atom. The lowest BCUT2D eigenvalue weighted by molar-refractivity contribution is -0.140. The van der Waals surface area contributed by atoms with Crippen LogP contribution in [0, 0.1) is 5.82 Å². The van der Waals surface area contributed by atoms with E-state index in [0.717, 1.165) is 20.2 Å². The summed E-state index contributed by atoms with van der Waals surface area (Å²) < 4.78 is 81.1. The van der Waals surface area contributed by atoms with Crippen LogP contribution in [-0.4, -0.2) is 50.6 Å². The molecule has 0 saturated carbocycles. The third-order valence-corrected chi connectivity index (χ3v) is 5.58. The van der Waals surface area contributed by atoms with Crippen molar-refractivity contribution in [3.63, 3.8) is 0 Å². The first-order valence-corrected chi connectivity index (χ1v) is 9.67. The molecule has 0 radical (unpaired) electrons. The number of nitrogens with zero attached hydrogens (tertiary/aromatic N) is 4. The maximum absolute atomic E-state index is 13.8. The van der Waals surface area contributed by atoms with Crippen molar-refractivity contribution in [1.29, 1.82) is 0 Å². The van der Waals surface area contributed by atoms with Crippen molar-refractivity contribution in [3.8, 4) is 0 Å². The Kier molecular flexibility index (Phi) is 5.34. The van der Waals surface area contributed by atoms with Crippen molar-refractivity contribution < 1.29 is 31.1 Å². The fourth-order valence-corrected chi connectivity index (χ4v) is 4.04. The third kappa shape index (κ3) is 3.94. The number of aryl methyl sites for hydroxylation is 1. The van der Waals surface area contributed by atoms with Gasteiger partial charge in [-0.05, 0) is 30.5 Å². The van der Waals surface area contributed by atoms with E-state index >= 15 is 0 Å². The molecule has 0 N–H and O–H groups in total. The van der Waals surface area contributed by atoms with Gasteiger partial charge in [0.05, 0.1) is 25.2 Å². The summed E-state index contributed by atoms with van der Waals surface area (Å²) in [5.74, 6) is -1.76. The number of likely N-dealkylation sites (tertiary alicyclic amines) is 1. The second-order valence-corrected chi connectivity index (χ2v) is 7.72. The molecule has 0 spiro atoms. The summed E-state index contributed by atoms with van der Waals surface area (Å²) >= 11 is 0. The molecule has 2 aromatic rings. The highest BCUT2D eigenvalue weighted by molar-refractivity contribution is 5.81. The van der Waals surface area contributed by atoms with E-state index in [-0.39, 0.29) is 37.4 Å². The molecule has 1 saturated heterocycles. The molecule has 12 heteroatoms. The number of aromatic nitrogens is 3. The van der Waals surface area contributed by atoms with Crippen LogP contribution in [0.4, 0.5) is 26.3 Å². The van der Waals surface area contributed by atoms with Crippen LogP contribution in [0.1, 0.15) is 35.8 Å². The van der Waals surface area contributed by atoms with E-state index in [4.69, 9.17) is 0 Å². The number of rotatable bonds is 3. The number of amides is 1. The summed E-state index contributed by atoms with van der Waals surface area (Å²) in [5, 5.41) is 4.14. The fraction of sp³-hybridized carbons (Fsp3) is 0.526. The molecule has 0 bridgehead atoms. The van der Waals surface area contributed by atoms with Crippen molar-refractivity contribution in [2.75, 3.05) is 13.1 Å². The Hall–Kier alpha value is -2.79. The molecule has 2 aliphatic heterocycles. The number of benzene rings is 1. The molecular formula is C19H18F6N4O2. The first-order chi connectivity index (χ1) is 14.6. The van der Waals surface area contributed by atoms with E-state index in [2.05, 4.69) is 5.10 Å². The monoisotopic (exact) mass is 448 g/mol. The van der Waals surface area contributed by atoms with Crippen LogP contribution in [0.2, 0.25) is 0 Å². The zero-order valence-corrected chi connectivity index (χ0v) is 16.1. The average molecular weight is 448 g/mol. The van der Waals surface area contributed by atoms with Crippen molar-refractivity contribution in [3.05, 3.63) is 51.5 Å². The summed E-state index contributed by atoms with van der Waals surface area (Å²) in [4.78, 5) is 26.7. The Morgan fingerprint density at radius 1 is 1.16 bits per heavy atom. The molecule has 3 atom stereocenters. The van der Waals surface area contributed by atoms with Gasteiger partial charge in [0.25, 0.3) is 0 Å². The SMILES string of the molecule is O=C([C@@H]1CCCc2nn(Cc3ccc(C(F)(F)F)c(F)c3)c(=O)n21)N1C[C@@H](F)[C@@H](F)C1. The minimum absolute atomic E-state index is 0.0889. The number of alkyl halides is 5. The molecule has 31 heavy (non-hydrogen) atoms. The van der Waals surface area contributed by atoms with E-state index in [1.165, 1.54) is 0 Å². The highest BCUT2D eigenvalue weighted by Gasteiger charge is 2.40. The second kappa shape index (κ2) is 7.72. The predicted molar refractivity (Wildman–Crippen MR) is 95.3 cm³/mol. The van der Waals surface area contributed by atoms with Gasteiger partial charge in [-0.1, -0.05) is 6.07 Å². The Labute approximate surface area is 172 Å². The van der Waals surface area contributed by atoms with Gasteiger partial charge in [-0.15, -0.1) is 0 Å². The molecule has 1 aromatic heterocycles. The molecule has 1 amide bonds. The van der Waals surface area contributed by atoms with Crippen molar-refractivity contribution in [1.82, 2.24) is 19.2 Å². The minimum Gasteiger partial charge on any atom is -0.335 e. The summed E-state index contributed by atoms with van der Waals surface area (Å²) in [6.45, 7) is -1.07. The molecule has 3 heterocycles. The zero-order valence-electron chi connectivity index (χ0n) is 16.1. The third-order valence-electron chi connectivity index (χ3n) is 5.58. The fourth-order valence-electron chi connectivity index (χ4n) is 4.04. The molecule has 2 aliphatic rings. The maximum Gasteiger partial charge on any atom is 0.419 e. The Bertz CT molecular complexity index is 1050. The summed E-state index contributed by atoms with van der Waals surface area (Å²) in [6, 6.07) is 1.36. The largest absolute Gasteiger partial charge is 0.419 e. The highest BCUT2D eigenvalue weighted by atomic mass is 19.4. The second-order valence-electron chi connectivity index (χ2n) is 7.72. The number of carbonyl (C=O) groups excluding carboxylic acids is 1. The first kappa shape index (κ1) is 21.4. The summed E-state index contributed by atoms with van der Waals surface area (Å²) in [6.07, 6.45) is -7.20. The summed E-state index contributed by atoms with van der Waals surface area (Å²) in [7, 11) is 0. The standard InChI is InChI=1S/C19H18F6N4O2/c20-12-6-10(4-5-11(12)19(23,24)25)7-28-18(31)29-15(2-1-3-16(29)26-28)17(30)27-8-13(21)14(22)9-27/h4-6,13-15H,1-3,7-9H2/t13-,14+,15-/m0/s1. The van der Waals surface area contributed by atoms with Crippen LogP contribution in [0.3, 0.4) is 0 Å². The van der Waals surface area contributed by atoms with Gasteiger partial charge in [0.2, 0.25) is 5.91 Å². The van der Waals surface area contributed by atoms with Crippen LogP contribution in [0.15, 0.2) is 23.0 Å². The van der Waals surface area contributed by atoms with E-state index in [1.807, 2.05) is 0 Å². The lowest BCUT2D eigenvalue weighted by Gasteiger charge is -2.26. The van der Waals surface area contributed by atoms with Gasteiger partial charge < -0.3 is 4.90 Å². The van der Waals surface area contributed by atoms with E-state index in [9.17, 15) is 35.9 Å². The topological polar surface area (TPSA) is 60.1 Å². The molecule has 168 valence electrons. The molecule has 4 rings (SSSR count). The Balaban J connectivity index is 1.60. The van der Waals surface area contributed by atoms with Gasteiger partial charge in [0, 0.05) is 6.42 Å². The van der Waals surface area contributed by atoms with Gasteiger partial charge in [-0.3, -0.25) is 9.36 Å². The Morgan fingerprint density at radius 3 is 2.45 bits per heavy atom. The molecule has 1 aromatic carbocycles. The van der Waals surface area contributed by atoms with Crippen LogP contribution in [-0.2, 0) is 23.9 Å². The maximum atomic E-state index is 13.8. The molecule has 1 fully saturated rings. The zero-order chi connectivity index (χ0) is 22.5. The number of carbonyl (C=O) groups is 1. The lowest BCUT2D eigenvalue weighted by Crippen LogP contribution is -2.42. The number of fused-ring (bicyclic) bond motifs is 1. The molecule has 6 nitrogen and oxygen atoms in total. The minimum atomic E-state index is -4.84. The van der Waals surface area contributed by atoms with E-state index in [0.29, 0.717) is 25.0 Å². The lowest BCUT2D eigenvalue weighted by atomic mass is 10.0. The summed E-state index contributed by atoms with van der Waals surface area (Å²) in [5.41, 5.74) is -2.02. The van der Waals surface area contributed by atoms with Gasteiger partial charge in [0.15, 0.2) is 12.3 Å². The molecule has 0 unspecified atom stereocenters. The molecule has 0 aliphatic carbocycles. The van der Waals surface area contributed by atoms with Gasteiger partial charge >= 0.3 is 11.9 Å². The van der Waals surface area contributed by atoms with E-state index in [1.54, 1.807) is 0 Å². The van der Waals surface area contributed by atoms with Crippen LogP contribution in [0.25, 0.3) is 0 Å². The number of halogens is 6. The normalized spacial score (nSPS) is 23.8. The van der Waals surface area contributed by atoms with Crippen LogP contribution in [0.5, 0.6) is 0 Å². The van der Waals surface area contributed by atoms with E-state index < -0.39 is 47.5 Å². The van der Waals surface area contributed by atoms with Crippen molar-refractivity contribution >= 4 is 5.91 Å². The van der Waals surface area contributed by atoms with Crippen molar-refractivity contribution in [2.24, 2.45) is 0 Å². The van der Waals surface area contributed by atoms with Gasteiger partial charge in [0.1, 0.15) is 17.7 Å². The first-order valence-electron chi connectivity index (χ1n) is 9.67. The average Bonchev–Trinajstić information content (AvgIpc) is 3.19. The highest BCUT2D eigenvalue weighted by Crippen LogP contribution is 2.32. The van der Waals surface area contributed by atoms with Crippen LogP contribution >= 0.6 is 0 Å². The smallest absolute Gasteiger partial charge is 0.335 e. The predicted octanol–water partition coefficient (Wildman–Crippen LogP) is 2.65.